The Balaban J connectivity index is 1.89. The number of rotatable bonds is 6. The lowest BCUT2D eigenvalue weighted by atomic mass is 10.0. The Morgan fingerprint density at radius 1 is 0.964 bits per heavy atom. The van der Waals surface area contributed by atoms with Crippen molar-refractivity contribution >= 4 is 33.3 Å². The standard InChI is InChI=1S/C22H19ClFNO2S/c1-16-2-12-22(13-3-16)28(26,27)25-15-19(18-6-10-21(24)11-7-18)14-17-4-8-20(23)9-5-17/h2-14,25H,15H2,1H3/b19-14-. The van der Waals surface area contributed by atoms with Gasteiger partial charge in [0, 0.05) is 11.6 Å². The summed E-state index contributed by atoms with van der Waals surface area (Å²) in [5.41, 5.74) is 3.27. The van der Waals surface area contributed by atoms with Crippen LogP contribution < -0.4 is 4.72 Å². The molecule has 0 spiro atoms. The third-order valence-electron chi connectivity index (χ3n) is 4.21. The van der Waals surface area contributed by atoms with E-state index in [0.29, 0.717) is 10.6 Å². The second-order valence-corrected chi connectivity index (χ2v) is 8.57. The molecule has 3 nitrogen and oxygen atoms in total. The van der Waals surface area contributed by atoms with Gasteiger partial charge in [0.1, 0.15) is 5.82 Å². The summed E-state index contributed by atoms with van der Waals surface area (Å²) in [7, 11) is -3.67. The first-order valence-electron chi connectivity index (χ1n) is 8.62. The van der Waals surface area contributed by atoms with Gasteiger partial charge in [-0.25, -0.2) is 17.5 Å². The zero-order valence-electron chi connectivity index (χ0n) is 15.2. The first-order chi connectivity index (χ1) is 13.3. The van der Waals surface area contributed by atoms with Crippen molar-refractivity contribution < 1.29 is 12.8 Å². The molecular formula is C22H19ClFNO2S. The zero-order chi connectivity index (χ0) is 20.1. The third-order valence-corrected chi connectivity index (χ3v) is 5.88. The van der Waals surface area contributed by atoms with Crippen LogP contribution in [0.5, 0.6) is 0 Å². The summed E-state index contributed by atoms with van der Waals surface area (Å²) < 4.78 is 41.2. The van der Waals surface area contributed by atoms with Gasteiger partial charge in [-0.3, -0.25) is 0 Å². The highest BCUT2D eigenvalue weighted by molar-refractivity contribution is 7.89. The molecule has 0 saturated carbocycles. The molecule has 3 rings (SSSR count). The molecule has 0 aromatic heterocycles. The van der Waals surface area contributed by atoms with E-state index in [1.165, 1.54) is 12.1 Å². The Bertz CT molecular complexity index is 1070. The maximum absolute atomic E-state index is 13.3. The number of halogens is 2. The van der Waals surface area contributed by atoms with E-state index in [0.717, 1.165) is 16.7 Å². The van der Waals surface area contributed by atoms with Crippen molar-refractivity contribution in [2.24, 2.45) is 0 Å². The fourth-order valence-corrected chi connectivity index (χ4v) is 3.77. The average Bonchev–Trinajstić information content (AvgIpc) is 2.68. The van der Waals surface area contributed by atoms with E-state index in [2.05, 4.69) is 4.72 Å². The maximum atomic E-state index is 13.3. The van der Waals surface area contributed by atoms with Gasteiger partial charge in [0.2, 0.25) is 10.0 Å². The number of aryl methyl sites for hydroxylation is 1. The predicted molar refractivity (Wildman–Crippen MR) is 112 cm³/mol. The summed E-state index contributed by atoms with van der Waals surface area (Å²) in [6.07, 6.45) is 1.85. The Labute approximate surface area is 169 Å². The van der Waals surface area contributed by atoms with Crippen LogP contribution in [0, 0.1) is 12.7 Å². The van der Waals surface area contributed by atoms with Gasteiger partial charge >= 0.3 is 0 Å². The minimum atomic E-state index is -3.67. The van der Waals surface area contributed by atoms with E-state index in [-0.39, 0.29) is 17.3 Å². The minimum absolute atomic E-state index is 0.0600. The van der Waals surface area contributed by atoms with Crippen molar-refractivity contribution in [3.63, 3.8) is 0 Å². The van der Waals surface area contributed by atoms with E-state index >= 15 is 0 Å². The average molecular weight is 416 g/mol. The van der Waals surface area contributed by atoms with Gasteiger partial charge in [-0.1, -0.05) is 53.6 Å². The summed E-state index contributed by atoms with van der Waals surface area (Å²) >= 11 is 5.93. The molecule has 0 aliphatic heterocycles. The molecule has 0 heterocycles. The van der Waals surface area contributed by atoms with Crippen LogP contribution in [0.25, 0.3) is 11.6 Å². The second kappa shape index (κ2) is 8.69. The fraction of sp³-hybridized carbons (Fsp3) is 0.0909. The molecule has 144 valence electrons. The number of nitrogens with one attached hydrogen (secondary N) is 1. The van der Waals surface area contributed by atoms with Crippen molar-refractivity contribution in [1.29, 1.82) is 0 Å². The summed E-state index contributed by atoms with van der Waals surface area (Å²) in [6, 6.07) is 19.8. The molecular weight excluding hydrogens is 397 g/mol. The predicted octanol–water partition coefficient (Wildman–Crippen LogP) is 5.31. The second-order valence-electron chi connectivity index (χ2n) is 6.37. The molecule has 0 atom stereocenters. The molecule has 28 heavy (non-hydrogen) atoms. The van der Waals surface area contributed by atoms with E-state index < -0.39 is 10.0 Å². The topological polar surface area (TPSA) is 46.2 Å². The lowest BCUT2D eigenvalue weighted by Crippen LogP contribution is -2.25. The minimum Gasteiger partial charge on any atom is -0.207 e. The molecule has 0 aliphatic rings. The molecule has 6 heteroatoms. The molecule has 0 fully saturated rings. The van der Waals surface area contributed by atoms with Gasteiger partial charge in [-0.2, -0.15) is 0 Å². The Morgan fingerprint density at radius 3 is 2.18 bits per heavy atom. The van der Waals surface area contributed by atoms with Crippen molar-refractivity contribution in [2.75, 3.05) is 6.54 Å². The highest BCUT2D eigenvalue weighted by atomic mass is 35.5. The van der Waals surface area contributed by atoms with E-state index in [9.17, 15) is 12.8 Å². The number of hydrogen-bond donors (Lipinski definition) is 1. The Morgan fingerprint density at radius 2 is 1.57 bits per heavy atom. The smallest absolute Gasteiger partial charge is 0.207 e. The van der Waals surface area contributed by atoms with Gasteiger partial charge in [0.15, 0.2) is 0 Å². The lowest BCUT2D eigenvalue weighted by Gasteiger charge is -2.11. The summed E-state index contributed by atoms with van der Waals surface area (Å²) in [5, 5.41) is 0.612. The molecule has 0 radical (unpaired) electrons. The first kappa shape index (κ1) is 20.3. The summed E-state index contributed by atoms with van der Waals surface area (Å²) in [4.78, 5) is 0.197. The first-order valence-corrected chi connectivity index (χ1v) is 10.5. The molecule has 0 amide bonds. The van der Waals surface area contributed by atoms with Gasteiger partial charge in [-0.15, -0.1) is 0 Å². The normalized spacial score (nSPS) is 12.2. The zero-order valence-corrected chi connectivity index (χ0v) is 16.8. The molecule has 0 aliphatic carbocycles. The van der Waals surface area contributed by atoms with Crippen molar-refractivity contribution in [1.82, 2.24) is 4.72 Å². The highest BCUT2D eigenvalue weighted by Crippen LogP contribution is 2.21. The van der Waals surface area contributed by atoms with Crippen molar-refractivity contribution in [3.05, 3.63) is 100 Å². The number of hydrogen-bond acceptors (Lipinski definition) is 2. The fourth-order valence-electron chi connectivity index (χ4n) is 2.63. The van der Waals surface area contributed by atoms with Gasteiger partial charge < -0.3 is 0 Å². The Hall–Kier alpha value is -2.47. The molecule has 0 unspecified atom stereocenters. The van der Waals surface area contributed by atoms with E-state index in [1.54, 1.807) is 48.5 Å². The lowest BCUT2D eigenvalue weighted by molar-refractivity contribution is 0.586. The van der Waals surface area contributed by atoms with Gasteiger partial charge in [0.05, 0.1) is 4.90 Å². The number of sulfonamides is 1. The maximum Gasteiger partial charge on any atom is 0.240 e. The van der Waals surface area contributed by atoms with Crippen LogP contribution in [0.4, 0.5) is 4.39 Å². The van der Waals surface area contributed by atoms with Crippen LogP contribution in [0.1, 0.15) is 16.7 Å². The van der Waals surface area contributed by atoms with E-state index in [1.807, 2.05) is 25.1 Å². The molecule has 3 aromatic rings. The molecule has 0 bridgehead atoms. The summed E-state index contributed by atoms with van der Waals surface area (Å²) in [5.74, 6) is -0.352. The van der Waals surface area contributed by atoms with Crippen LogP contribution in [0.2, 0.25) is 5.02 Å². The van der Waals surface area contributed by atoms with Crippen LogP contribution in [0.15, 0.2) is 77.7 Å². The highest BCUT2D eigenvalue weighted by Gasteiger charge is 2.15. The van der Waals surface area contributed by atoms with Crippen molar-refractivity contribution in [2.45, 2.75) is 11.8 Å². The monoisotopic (exact) mass is 415 g/mol. The molecule has 0 saturated heterocycles. The van der Waals surface area contributed by atoms with Crippen molar-refractivity contribution in [3.8, 4) is 0 Å². The number of benzene rings is 3. The van der Waals surface area contributed by atoms with Crippen LogP contribution in [-0.4, -0.2) is 15.0 Å². The van der Waals surface area contributed by atoms with Crippen LogP contribution >= 0.6 is 11.6 Å². The van der Waals surface area contributed by atoms with Gasteiger partial charge in [-0.05, 0) is 66.1 Å². The molecule has 3 aromatic carbocycles. The Kier molecular flexibility index (Phi) is 6.29. The SMILES string of the molecule is Cc1ccc(S(=O)(=O)NC/C(=C/c2ccc(Cl)cc2)c2ccc(F)cc2)cc1. The van der Waals surface area contributed by atoms with Gasteiger partial charge in [0.25, 0.3) is 0 Å². The van der Waals surface area contributed by atoms with Crippen LogP contribution in [-0.2, 0) is 10.0 Å². The quantitative estimate of drug-likeness (QED) is 0.555. The summed E-state index contributed by atoms with van der Waals surface area (Å²) in [6.45, 7) is 1.95. The third kappa shape index (κ3) is 5.29. The largest absolute Gasteiger partial charge is 0.240 e. The van der Waals surface area contributed by atoms with E-state index in [4.69, 9.17) is 11.6 Å². The molecule has 1 N–H and O–H groups in total. The van der Waals surface area contributed by atoms with Crippen LogP contribution in [0.3, 0.4) is 0 Å².